The molecule has 8 nitrogen and oxygen atoms in total. The predicted molar refractivity (Wildman–Crippen MR) is 131 cm³/mol. The van der Waals surface area contributed by atoms with Crippen LogP contribution < -0.4 is 14.8 Å². The van der Waals surface area contributed by atoms with Gasteiger partial charge < -0.3 is 19.5 Å². The molecular weight excluding hydrogens is 471 g/mol. The van der Waals surface area contributed by atoms with Crippen LogP contribution in [0.3, 0.4) is 0 Å². The maximum atomic E-state index is 14.1. The lowest BCUT2D eigenvalue weighted by atomic mass is 9.95. The van der Waals surface area contributed by atoms with E-state index < -0.39 is 12.0 Å². The first-order valence-corrected chi connectivity index (χ1v) is 12.2. The van der Waals surface area contributed by atoms with Gasteiger partial charge in [0.15, 0.2) is 11.5 Å². The quantitative estimate of drug-likeness (QED) is 0.327. The van der Waals surface area contributed by atoms with Gasteiger partial charge in [-0.25, -0.2) is 13.9 Å². The average molecular weight is 499 g/mol. The molecule has 0 fully saturated rings. The highest BCUT2D eigenvalue weighted by atomic mass is 32.2. The third-order valence-electron chi connectivity index (χ3n) is 5.45. The zero-order chi connectivity index (χ0) is 24.9. The smallest absolute Gasteiger partial charge is 0.338 e. The second-order valence-corrected chi connectivity index (χ2v) is 8.62. The number of esters is 1. The van der Waals surface area contributed by atoms with Crippen LogP contribution in [0, 0.1) is 5.82 Å². The van der Waals surface area contributed by atoms with Gasteiger partial charge in [0.25, 0.3) is 0 Å². The van der Waals surface area contributed by atoms with Crippen LogP contribution in [0.15, 0.2) is 58.9 Å². The third-order valence-corrected chi connectivity index (χ3v) is 6.33. The Labute approximate surface area is 207 Å². The summed E-state index contributed by atoms with van der Waals surface area (Å²) in [6, 6.07) is 11.5. The predicted octanol–water partition coefficient (Wildman–Crippen LogP) is 4.97. The molecule has 3 aromatic rings. The van der Waals surface area contributed by atoms with Gasteiger partial charge in [0, 0.05) is 11.4 Å². The highest BCUT2D eigenvalue weighted by Crippen LogP contribution is 2.40. The topological polar surface area (TPSA) is 87.5 Å². The molecule has 0 spiro atoms. The van der Waals surface area contributed by atoms with E-state index in [0.717, 1.165) is 5.56 Å². The monoisotopic (exact) mass is 498 g/mol. The number of benzene rings is 2. The van der Waals surface area contributed by atoms with Gasteiger partial charge >= 0.3 is 5.97 Å². The molecule has 0 amide bonds. The van der Waals surface area contributed by atoms with Crippen molar-refractivity contribution in [1.82, 2.24) is 14.8 Å². The number of nitrogens with one attached hydrogen (secondary N) is 1. The van der Waals surface area contributed by atoms with E-state index in [9.17, 15) is 9.18 Å². The number of thioether (sulfide) groups is 1. The lowest BCUT2D eigenvalue weighted by Crippen LogP contribution is -2.29. The fourth-order valence-corrected chi connectivity index (χ4v) is 4.68. The molecular formula is C25H27FN4O4S. The van der Waals surface area contributed by atoms with E-state index in [1.165, 1.54) is 17.8 Å². The number of rotatable bonds is 9. The minimum absolute atomic E-state index is 0.239. The summed E-state index contributed by atoms with van der Waals surface area (Å²) in [7, 11) is 1.57. The zero-order valence-electron chi connectivity index (χ0n) is 20.0. The van der Waals surface area contributed by atoms with Crippen LogP contribution in [0.5, 0.6) is 11.5 Å². The number of carbonyl (C=O) groups is 1. The molecule has 1 atom stereocenters. The number of methoxy groups -OCH3 is 1. The van der Waals surface area contributed by atoms with Crippen LogP contribution >= 0.6 is 11.8 Å². The van der Waals surface area contributed by atoms with Crippen LogP contribution in [-0.4, -0.2) is 41.1 Å². The molecule has 2 aromatic carbocycles. The largest absolute Gasteiger partial charge is 0.493 e. The van der Waals surface area contributed by atoms with Crippen molar-refractivity contribution in [3.05, 3.63) is 70.7 Å². The Morgan fingerprint density at radius 1 is 1.17 bits per heavy atom. The molecule has 0 saturated heterocycles. The maximum absolute atomic E-state index is 14.1. The number of fused-ring (bicyclic) bond motifs is 1. The highest BCUT2D eigenvalue weighted by molar-refractivity contribution is 7.98. The molecule has 1 unspecified atom stereocenters. The van der Waals surface area contributed by atoms with E-state index in [4.69, 9.17) is 14.2 Å². The summed E-state index contributed by atoms with van der Waals surface area (Å²) in [4.78, 5) is 17.6. The number of allylic oxidation sites excluding steroid dienone is 1. The number of nitrogens with zero attached hydrogens (tertiary/aromatic N) is 3. The van der Waals surface area contributed by atoms with Gasteiger partial charge in [-0.05, 0) is 50.1 Å². The van der Waals surface area contributed by atoms with Gasteiger partial charge in [-0.15, -0.1) is 5.10 Å². The molecule has 1 aromatic heterocycles. The van der Waals surface area contributed by atoms with E-state index in [1.54, 1.807) is 43.8 Å². The number of hydrogen-bond acceptors (Lipinski definition) is 8. The summed E-state index contributed by atoms with van der Waals surface area (Å²) in [5, 5.41) is 8.28. The number of ether oxygens (including phenoxy) is 3. The second-order valence-electron chi connectivity index (χ2n) is 7.67. The minimum Gasteiger partial charge on any atom is -0.493 e. The Bertz CT molecular complexity index is 1260. The lowest BCUT2D eigenvalue weighted by Gasteiger charge is -2.28. The Balaban J connectivity index is 1.74. The fourth-order valence-electron chi connectivity index (χ4n) is 3.86. The fraction of sp³-hybridized carbons (Fsp3) is 0.320. The molecule has 2 heterocycles. The first kappa shape index (κ1) is 24.6. The van der Waals surface area contributed by atoms with Gasteiger partial charge in [0.1, 0.15) is 11.9 Å². The van der Waals surface area contributed by atoms with Crippen molar-refractivity contribution in [1.29, 1.82) is 0 Å². The number of hydrogen-bond donors (Lipinski definition) is 1. The average Bonchev–Trinajstić information content (AvgIpc) is 3.25. The molecule has 184 valence electrons. The molecule has 4 rings (SSSR count). The van der Waals surface area contributed by atoms with Gasteiger partial charge in [-0.1, -0.05) is 36.0 Å². The number of carbonyl (C=O) groups excluding carboxylic acids is 1. The van der Waals surface area contributed by atoms with Gasteiger partial charge in [-0.3, -0.25) is 0 Å². The van der Waals surface area contributed by atoms with Crippen molar-refractivity contribution in [2.75, 3.05) is 25.6 Å². The molecule has 0 radical (unpaired) electrons. The van der Waals surface area contributed by atoms with E-state index in [2.05, 4.69) is 15.4 Å². The minimum atomic E-state index is -0.606. The zero-order valence-corrected chi connectivity index (χ0v) is 20.8. The van der Waals surface area contributed by atoms with Crippen LogP contribution in [0.4, 0.5) is 10.3 Å². The van der Waals surface area contributed by atoms with Gasteiger partial charge in [0.05, 0.1) is 25.9 Å². The van der Waals surface area contributed by atoms with Crippen LogP contribution in [-0.2, 0) is 15.3 Å². The van der Waals surface area contributed by atoms with Crippen molar-refractivity contribution in [2.45, 2.75) is 37.7 Å². The summed E-state index contributed by atoms with van der Waals surface area (Å²) in [6.45, 7) is 6.19. The SMILES string of the molecule is CCOC(=O)C1=C(C)Nc2nc(SCc3ccccc3F)nn2C1c1ccc(OCC)c(OC)c1. The van der Waals surface area contributed by atoms with E-state index in [0.29, 0.717) is 51.8 Å². The van der Waals surface area contributed by atoms with Crippen LogP contribution in [0.1, 0.15) is 37.9 Å². The normalized spacial score (nSPS) is 14.8. The maximum Gasteiger partial charge on any atom is 0.338 e. The van der Waals surface area contributed by atoms with E-state index in [1.807, 2.05) is 25.1 Å². The summed E-state index contributed by atoms with van der Waals surface area (Å²) < 4.78 is 32.3. The Morgan fingerprint density at radius 3 is 2.69 bits per heavy atom. The molecule has 1 aliphatic heterocycles. The molecule has 35 heavy (non-hydrogen) atoms. The summed E-state index contributed by atoms with van der Waals surface area (Å²) in [5.41, 5.74) is 2.35. The summed E-state index contributed by atoms with van der Waals surface area (Å²) >= 11 is 1.31. The van der Waals surface area contributed by atoms with Gasteiger partial charge in [0.2, 0.25) is 11.1 Å². The molecule has 1 aliphatic rings. The Morgan fingerprint density at radius 2 is 1.97 bits per heavy atom. The molecule has 1 N–H and O–H groups in total. The highest BCUT2D eigenvalue weighted by Gasteiger charge is 2.35. The molecule has 0 aliphatic carbocycles. The van der Waals surface area contributed by atoms with Crippen molar-refractivity contribution in [3.63, 3.8) is 0 Å². The van der Waals surface area contributed by atoms with Crippen molar-refractivity contribution >= 4 is 23.7 Å². The Kier molecular flexibility index (Phi) is 7.60. The molecule has 10 heteroatoms. The van der Waals surface area contributed by atoms with Crippen molar-refractivity contribution < 1.29 is 23.4 Å². The van der Waals surface area contributed by atoms with Crippen molar-refractivity contribution in [3.8, 4) is 11.5 Å². The van der Waals surface area contributed by atoms with Crippen LogP contribution in [0.25, 0.3) is 0 Å². The first-order valence-electron chi connectivity index (χ1n) is 11.2. The first-order chi connectivity index (χ1) is 17.0. The lowest BCUT2D eigenvalue weighted by molar-refractivity contribution is -0.139. The molecule has 0 saturated carbocycles. The second kappa shape index (κ2) is 10.8. The van der Waals surface area contributed by atoms with Gasteiger partial charge in [-0.2, -0.15) is 4.98 Å². The van der Waals surface area contributed by atoms with Crippen LogP contribution in [0.2, 0.25) is 0 Å². The standard InChI is InChI=1S/C25H27FN4O4S/c1-5-33-19-12-11-16(13-20(19)32-4)22-21(23(31)34-6-2)15(3)27-24-28-25(29-30(22)24)35-14-17-9-7-8-10-18(17)26/h7-13,22H,5-6,14H2,1-4H3,(H,27,28,29). The summed E-state index contributed by atoms with van der Waals surface area (Å²) in [5.74, 6) is 1.27. The Hall–Kier alpha value is -3.53. The number of aromatic nitrogens is 3. The third kappa shape index (κ3) is 5.12. The van der Waals surface area contributed by atoms with Crippen molar-refractivity contribution in [2.24, 2.45) is 0 Å². The number of anilines is 1. The van der Waals surface area contributed by atoms with E-state index in [-0.39, 0.29) is 12.4 Å². The van der Waals surface area contributed by atoms with E-state index >= 15 is 0 Å². The number of halogens is 1. The molecule has 0 bridgehead atoms. The summed E-state index contributed by atoms with van der Waals surface area (Å²) in [6.07, 6.45) is 0.